The molecule has 4 rings (SSSR count). The number of methoxy groups -OCH3 is 2. The van der Waals surface area contributed by atoms with Gasteiger partial charge in [0.15, 0.2) is 5.13 Å². The molecule has 0 spiro atoms. The summed E-state index contributed by atoms with van der Waals surface area (Å²) < 4.78 is 11.8. The van der Waals surface area contributed by atoms with Gasteiger partial charge in [-0.3, -0.25) is 10.1 Å². The zero-order valence-corrected chi connectivity index (χ0v) is 23.5. The van der Waals surface area contributed by atoms with Crippen molar-refractivity contribution in [2.24, 2.45) is 5.92 Å². The van der Waals surface area contributed by atoms with Crippen LogP contribution in [0.5, 0.6) is 5.75 Å². The van der Waals surface area contributed by atoms with Gasteiger partial charge >= 0.3 is 5.97 Å². The Morgan fingerprint density at radius 1 is 1.18 bits per heavy atom. The van der Waals surface area contributed by atoms with Crippen molar-refractivity contribution in [2.45, 2.75) is 38.7 Å². The lowest BCUT2D eigenvalue weighted by Gasteiger charge is -2.25. The number of carboxylic acid groups (broad SMARTS) is 1. The van der Waals surface area contributed by atoms with Gasteiger partial charge in [-0.1, -0.05) is 48.2 Å². The molecule has 3 aromatic rings. The first-order valence-electron chi connectivity index (χ1n) is 12.1. The number of nitrogens with one attached hydrogen (secondary N) is 1. The number of carbonyl (C=O) groups is 2. The molecule has 1 aliphatic carbocycles. The lowest BCUT2D eigenvalue weighted by Crippen LogP contribution is -2.13. The summed E-state index contributed by atoms with van der Waals surface area (Å²) >= 11 is 13.9. The molecule has 38 heavy (non-hydrogen) atoms. The van der Waals surface area contributed by atoms with E-state index in [1.54, 1.807) is 14.2 Å². The summed E-state index contributed by atoms with van der Waals surface area (Å²) in [6.45, 7) is 1.44. The molecule has 1 fully saturated rings. The fraction of sp³-hybridized carbons (Fsp3) is 0.321. The molecular formula is C28H28Cl2N2O5S. The minimum absolute atomic E-state index is 0.0585. The monoisotopic (exact) mass is 574 g/mol. The molecule has 2 aromatic carbocycles. The predicted octanol–water partition coefficient (Wildman–Crippen LogP) is 7.74. The van der Waals surface area contributed by atoms with Crippen molar-refractivity contribution in [3.8, 4) is 17.0 Å². The molecule has 1 saturated carbocycles. The number of para-hydroxylation sites is 1. The number of anilines is 1. The van der Waals surface area contributed by atoms with Crippen LogP contribution in [0.1, 0.15) is 60.2 Å². The Morgan fingerprint density at radius 2 is 1.87 bits per heavy atom. The highest BCUT2D eigenvalue weighted by Gasteiger charge is 2.29. The number of thiazole rings is 1. The number of rotatable bonds is 9. The fourth-order valence-corrected chi connectivity index (χ4v) is 6.10. The minimum atomic E-state index is -1.09. The summed E-state index contributed by atoms with van der Waals surface area (Å²) in [5.41, 5.74) is 3.11. The van der Waals surface area contributed by atoms with E-state index in [1.807, 2.05) is 23.6 Å². The van der Waals surface area contributed by atoms with Crippen LogP contribution in [0.25, 0.3) is 17.3 Å². The Hall–Kier alpha value is -2.91. The summed E-state index contributed by atoms with van der Waals surface area (Å²) in [5.74, 6) is -0.366. The van der Waals surface area contributed by atoms with Crippen molar-refractivity contribution < 1.29 is 24.2 Å². The van der Waals surface area contributed by atoms with E-state index in [0.29, 0.717) is 28.1 Å². The molecule has 7 nitrogen and oxygen atoms in total. The Morgan fingerprint density at radius 3 is 2.47 bits per heavy atom. The number of hydrogen-bond donors (Lipinski definition) is 2. The predicted molar refractivity (Wildman–Crippen MR) is 152 cm³/mol. The van der Waals surface area contributed by atoms with E-state index in [2.05, 4.69) is 10.3 Å². The van der Waals surface area contributed by atoms with Gasteiger partial charge in [0.05, 0.1) is 29.0 Å². The first-order valence-corrected chi connectivity index (χ1v) is 13.7. The van der Waals surface area contributed by atoms with Gasteiger partial charge in [0.2, 0.25) is 0 Å². The van der Waals surface area contributed by atoms with Crippen LogP contribution < -0.4 is 10.1 Å². The molecule has 10 heteroatoms. The van der Waals surface area contributed by atoms with Gasteiger partial charge < -0.3 is 14.6 Å². The maximum atomic E-state index is 12.9. The summed E-state index contributed by atoms with van der Waals surface area (Å²) in [6, 6.07) is 8.83. The summed E-state index contributed by atoms with van der Waals surface area (Å²) in [7, 11) is 3.38. The highest BCUT2D eigenvalue weighted by Crippen LogP contribution is 2.44. The van der Waals surface area contributed by atoms with E-state index in [1.165, 1.54) is 49.3 Å². The topological polar surface area (TPSA) is 97.8 Å². The van der Waals surface area contributed by atoms with Crippen molar-refractivity contribution >= 4 is 57.6 Å². The molecule has 200 valence electrons. The molecule has 1 unspecified atom stereocenters. The van der Waals surface area contributed by atoms with Gasteiger partial charge in [-0.25, -0.2) is 9.78 Å². The highest BCUT2D eigenvalue weighted by atomic mass is 35.5. The first kappa shape index (κ1) is 28.1. The number of carboxylic acids is 1. The van der Waals surface area contributed by atoms with Crippen LogP contribution in [0.3, 0.4) is 0 Å². The molecule has 0 saturated heterocycles. The maximum Gasteiger partial charge on any atom is 0.331 e. The van der Waals surface area contributed by atoms with Crippen molar-refractivity contribution in [1.82, 2.24) is 4.98 Å². The molecule has 0 aliphatic heterocycles. The standard InChI is InChI=1S/C28H28Cl2N2O5S/c1-15(27(34)35)11-20-21(29)12-17(13-22(20)30)26(33)32-28-31-23(14-38-28)18-9-6-10-19(25(18)37-3)24(36-2)16-7-4-5-8-16/h6,9-14,16,24H,4-5,7-8H2,1-3H3,(H,34,35)(H,31,32,33)/b15-11+. The third-order valence-electron chi connectivity index (χ3n) is 6.68. The Kier molecular flexibility index (Phi) is 9.10. The van der Waals surface area contributed by atoms with Crippen molar-refractivity contribution in [2.75, 3.05) is 19.5 Å². The second-order valence-corrected chi connectivity index (χ2v) is 10.8. The Balaban J connectivity index is 1.57. The zero-order valence-electron chi connectivity index (χ0n) is 21.2. The summed E-state index contributed by atoms with van der Waals surface area (Å²) in [6.07, 6.45) is 5.98. The SMILES string of the molecule is COc1c(-c2csc(NC(=O)c3cc(Cl)c(/C=C(\C)C(=O)O)c(Cl)c3)n2)cccc1C(OC)C1CCCC1. The summed E-state index contributed by atoms with van der Waals surface area (Å²) in [4.78, 5) is 28.7. The second-order valence-electron chi connectivity index (χ2n) is 9.11. The van der Waals surface area contributed by atoms with Gasteiger partial charge in [-0.15, -0.1) is 11.3 Å². The molecular weight excluding hydrogens is 547 g/mol. The molecule has 2 N–H and O–H groups in total. The largest absolute Gasteiger partial charge is 0.496 e. The quantitative estimate of drug-likeness (QED) is 0.253. The van der Waals surface area contributed by atoms with Gasteiger partial charge in [0.25, 0.3) is 5.91 Å². The van der Waals surface area contributed by atoms with Crippen LogP contribution in [-0.4, -0.2) is 36.2 Å². The molecule has 0 bridgehead atoms. The van der Waals surface area contributed by atoms with Crippen molar-refractivity contribution in [1.29, 1.82) is 0 Å². The van der Waals surface area contributed by atoms with Crippen molar-refractivity contribution in [3.63, 3.8) is 0 Å². The molecule has 1 atom stereocenters. The van der Waals surface area contributed by atoms with E-state index < -0.39 is 11.9 Å². The van der Waals surface area contributed by atoms with Crippen LogP contribution in [-0.2, 0) is 9.53 Å². The Bertz CT molecular complexity index is 1360. The normalized spacial score (nSPS) is 14.9. The second kappa shape index (κ2) is 12.3. The molecule has 1 amide bonds. The van der Waals surface area contributed by atoms with E-state index in [9.17, 15) is 9.59 Å². The van der Waals surface area contributed by atoms with Crippen molar-refractivity contribution in [3.05, 3.63) is 68.0 Å². The van der Waals surface area contributed by atoms with Gasteiger partial charge in [0.1, 0.15) is 5.75 Å². The van der Waals surface area contributed by atoms with Crippen LogP contribution in [0.15, 0.2) is 41.3 Å². The third kappa shape index (κ3) is 6.04. The van der Waals surface area contributed by atoms with Gasteiger partial charge in [0, 0.05) is 40.3 Å². The number of ether oxygens (including phenoxy) is 2. The lowest BCUT2D eigenvalue weighted by molar-refractivity contribution is -0.132. The highest BCUT2D eigenvalue weighted by molar-refractivity contribution is 7.14. The van der Waals surface area contributed by atoms with Crippen LogP contribution in [0, 0.1) is 5.92 Å². The van der Waals surface area contributed by atoms with E-state index in [-0.39, 0.29) is 27.3 Å². The van der Waals surface area contributed by atoms with E-state index >= 15 is 0 Å². The molecule has 1 aliphatic rings. The molecule has 1 heterocycles. The minimum Gasteiger partial charge on any atom is -0.496 e. The van der Waals surface area contributed by atoms with Gasteiger partial charge in [-0.2, -0.15) is 0 Å². The number of hydrogen-bond acceptors (Lipinski definition) is 6. The zero-order chi connectivity index (χ0) is 27.4. The average Bonchev–Trinajstić information content (AvgIpc) is 3.59. The van der Waals surface area contributed by atoms with Crippen LogP contribution in [0.4, 0.5) is 5.13 Å². The number of nitrogens with zero attached hydrogens (tertiary/aromatic N) is 1. The number of benzene rings is 2. The van der Waals surface area contributed by atoms with Gasteiger partial charge in [-0.05, 0) is 50.0 Å². The van der Waals surface area contributed by atoms with E-state index in [4.69, 9.17) is 37.8 Å². The lowest BCUT2D eigenvalue weighted by atomic mass is 9.92. The van der Waals surface area contributed by atoms with E-state index in [0.717, 1.165) is 24.0 Å². The van der Waals surface area contributed by atoms with Crippen LogP contribution in [0.2, 0.25) is 10.0 Å². The summed E-state index contributed by atoms with van der Waals surface area (Å²) in [5, 5.41) is 14.5. The number of amides is 1. The molecule has 1 aromatic heterocycles. The number of aliphatic carboxylic acids is 1. The fourth-order valence-electron chi connectivity index (χ4n) is 4.80. The number of carbonyl (C=O) groups excluding carboxylic acids is 1. The molecule has 0 radical (unpaired) electrons. The number of aromatic nitrogens is 1. The smallest absolute Gasteiger partial charge is 0.331 e. The average molecular weight is 576 g/mol. The first-order chi connectivity index (χ1) is 18.2. The third-order valence-corrected chi connectivity index (χ3v) is 8.06. The Labute approximate surface area is 235 Å². The van der Waals surface area contributed by atoms with Crippen LogP contribution >= 0.6 is 34.5 Å². The maximum absolute atomic E-state index is 12.9. The number of halogens is 2.